The number of urea groups is 1. The summed E-state index contributed by atoms with van der Waals surface area (Å²) in [6.07, 6.45) is 3.17. The number of carbonyl (C=O) groups excluding carboxylic acids is 2. The molecule has 142 valence electrons. The maximum Gasteiger partial charge on any atom is 0.319 e. The number of aromatic nitrogens is 2. The summed E-state index contributed by atoms with van der Waals surface area (Å²) in [7, 11) is 0. The molecule has 4 N–H and O–H groups in total. The molecule has 3 rings (SSSR count). The fourth-order valence-electron chi connectivity index (χ4n) is 2.54. The van der Waals surface area contributed by atoms with Gasteiger partial charge in [-0.2, -0.15) is 0 Å². The van der Waals surface area contributed by atoms with Crippen molar-refractivity contribution in [2.45, 2.75) is 0 Å². The van der Waals surface area contributed by atoms with Crippen molar-refractivity contribution in [2.75, 3.05) is 17.2 Å². The van der Waals surface area contributed by atoms with Crippen molar-refractivity contribution in [3.8, 4) is 5.69 Å². The van der Waals surface area contributed by atoms with Crippen LogP contribution in [0.25, 0.3) is 5.69 Å². The molecule has 0 radical (unpaired) electrons. The fraction of sp³-hybridized carbons (Fsp3) is 0.0500. The SMILES string of the molecule is C=CCNC(=O)Nc1ccc(NC(=O)c2c[nH]c(=S)n2-c2ccccc2)cc1. The van der Waals surface area contributed by atoms with Crippen LogP contribution in [0.5, 0.6) is 0 Å². The van der Waals surface area contributed by atoms with Crippen LogP contribution in [0.3, 0.4) is 0 Å². The van der Waals surface area contributed by atoms with E-state index in [1.54, 1.807) is 41.1 Å². The molecule has 0 spiro atoms. The van der Waals surface area contributed by atoms with Crippen LogP contribution in [0.4, 0.5) is 16.2 Å². The lowest BCUT2D eigenvalue weighted by Gasteiger charge is -2.10. The van der Waals surface area contributed by atoms with Crippen LogP contribution in [0, 0.1) is 4.77 Å². The Morgan fingerprint density at radius 2 is 1.68 bits per heavy atom. The molecule has 0 aliphatic heterocycles. The summed E-state index contributed by atoms with van der Waals surface area (Å²) in [5.41, 5.74) is 2.38. The molecule has 0 saturated heterocycles. The molecular weight excluding hydrogens is 374 g/mol. The molecule has 0 aliphatic rings. The average molecular weight is 393 g/mol. The first kappa shape index (κ1) is 19.1. The van der Waals surface area contributed by atoms with Crippen LogP contribution in [0.2, 0.25) is 0 Å². The number of para-hydroxylation sites is 1. The molecule has 0 bridgehead atoms. The highest BCUT2D eigenvalue weighted by atomic mass is 32.1. The van der Waals surface area contributed by atoms with E-state index in [-0.39, 0.29) is 11.9 Å². The Labute approximate surface area is 167 Å². The summed E-state index contributed by atoms with van der Waals surface area (Å²) >= 11 is 5.30. The number of amides is 3. The molecule has 0 saturated carbocycles. The third kappa shape index (κ3) is 4.54. The minimum absolute atomic E-state index is 0.305. The van der Waals surface area contributed by atoms with Crippen molar-refractivity contribution in [1.82, 2.24) is 14.9 Å². The van der Waals surface area contributed by atoms with Crippen LogP contribution in [0.1, 0.15) is 10.5 Å². The van der Waals surface area contributed by atoms with E-state index in [1.807, 2.05) is 30.3 Å². The topological polar surface area (TPSA) is 91.0 Å². The molecule has 2 aromatic carbocycles. The number of imidazole rings is 1. The molecule has 1 aromatic heterocycles. The maximum atomic E-state index is 12.7. The molecule has 8 heteroatoms. The first-order valence-electron chi connectivity index (χ1n) is 8.51. The van der Waals surface area contributed by atoms with Crippen LogP contribution in [-0.4, -0.2) is 28.0 Å². The number of rotatable bonds is 6. The minimum atomic E-state index is -0.328. The van der Waals surface area contributed by atoms with E-state index in [4.69, 9.17) is 12.2 Å². The molecule has 0 atom stereocenters. The van der Waals surface area contributed by atoms with Crippen LogP contribution >= 0.6 is 12.2 Å². The van der Waals surface area contributed by atoms with E-state index >= 15 is 0 Å². The number of nitrogens with one attached hydrogen (secondary N) is 4. The van der Waals surface area contributed by atoms with Gasteiger partial charge in [0.2, 0.25) is 0 Å². The van der Waals surface area contributed by atoms with Crippen molar-refractivity contribution >= 4 is 35.5 Å². The lowest BCUT2D eigenvalue weighted by atomic mass is 10.2. The first-order valence-corrected chi connectivity index (χ1v) is 8.92. The van der Waals surface area contributed by atoms with Crippen molar-refractivity contribution in [3.63, 3.8) is 0 Å². The lowest BCUT2D eigenvalue weighted by Crippen LogP contribution is -2.28. The Balaban J connectivity index is 1.72. The molecule has 0 aliphatic carbocycles. The summed E-state index contributed by atoms with van der Waals surface area (Å²) in [4.78, 5) is 27.3. The Hall–Kier alpha value is -3.65. The van der Waals surface area contributed by atoms with Gasteiger partial charge in [-0.3, -0.25) is 9.36 Å². The number of carbonyl (C=O) groups is 2. The summed E-state index contributed by atoms with van der Waals surface area (Å²) in [6.45, 7) is 3.92. The van der Waals surface area contributed by atoms with E-state index in [0.29, 0.717) is 28.4 Å². The predicted molar refractivity (Wildman–Crippen MR) is 113 cm³/mol. The van der Waals surface area contributed by atoms with Gasteiger partial charge >= 0.3 is 6.03 Å². The molecular formula is C20H19N5O2S. The monoisotopic (exact) mass is 393 g/mol. The highest BCUT2D eigenvalue weighted by Crippen LogP contribution is 2.17. The van der Waals surface area contributed by atoms with Crippen molar-refractivity contribution < 1.29 is 9.59 Å². The van der Waals surface area contributed by atoms with Gasteiger partial charge in [0.05, 0.1) is 0 Å². The Morgan fingerprint density at radius 3 is 2.32 bits per heavy atom. The molecule has 7 nitrogen and oxygen atoms in total. The standard InChI is InChI=1S/C20H19N5O2S/c1-2-12-21-19(27)24-15-10-8-14(9-11-15)23-18(26)17-13-22-20(28)25(17)16-6-4-3-5-7-16/h2-11,13H,1,12H2,(H,22,28)(H,23,26)(H2,21,24,27). The zero-order chi connectivity index (χ0) is 19.9. The zero-order valence-corrected chi connectivity index (χ0v) is 15.8. The van der Waals surface area contributed by atoms with Gasteiger partial charge in [-0.1, -0.05) is 24.3 Å². The summed E-state index contributed by atoms with van der Waals surface area (Å²) in [6, 6.07) is 15.9. The summed E-state index contributed by atoms with van der Waals surface area (Å²) < 4.78 is 2.10. The number of benzene rings is 2. The van der Waals surface area contributed by atoms with Gasteiger partial charge in [0.15, 0.2) is 4.77 Å². The smallest absolute Gasteiger partial charge is 0.319 e. The largest absolute Gasteiger partial charge is 0.336 e. The Bertz CT molecular complexity index is 1040. The van der Waals surface area contributed by atoms with Crippen molar-refractivity contribution in [1.29, 1.82) is 0 Å². The van der Waals surface area contributed by atoms with Gasteiger partial charge in [0.25, 0.3) is 5.91 Å². The van der Waals surface area contributed by atoms with Crippen LogP contribution in [-0.2, 0) is 0 Å². The predicted octanol–water partition coefficient (Wildman–Crippen LogP) is 4.09. The summed E-state index contributed by atoms with van der Waals surface area (Å²) in [5.74, 6) is -0.305. The van der Waals surface area contributed by atoms with E-state index in [9.17, 15) is 9.59 Å². The first-order chi connectivity index (χ1) is 13.6. The van der Waals surface area contributed by atoms with Gasteiger partial charge in [0, 0.05) is 29.8 Å². The number of hydrogen-bond acceptors (Lipinski definition) is 3. The molecule has 0 fully saturated rings. The van der Waals surface area contributed by atoms with E-state index in [2.05, 4.69) is 27.5 Å². The summed E-state index contributed by atoms with van der Waals surface area (Å²) in [5, 5.41) is 8.14. The van der Waals surface area contributed by atoms with Crippen molar-refractivity contribution in [2.24, 2.45) is 0 Å². The lowest BCUT2D eigenvalue weighted by molar-refractivity contribution is 0.102. The number of hydrogen-bond donors (Lipinski definition) is 4. The van der Waals surface area contributed by atoms with Crippen LogP contribution < -0.4 is 16.0 Å². The normalized spacial score (nSPS) is 10.1. The van der Waals surface area contributed by atoms with Gasteiger partial charge < -0.3 is 20.9 Å². The maximum absolute atomic E-state index is 12.7. The average Bonchev–Trinajstić information content (AvgIpc) is 3.10. The van der Waals surface area contributed by atoms with Gasteiger partial charge in [-0.15, -0.1) is 6.58 Å². The number of aromatic amines is 1. The molecule has 0 unspecified atom stereocenters. The molecule has 3 aromatic rings. The van der Waals surface area contributed by atoms with E-state index in [1.165, 1.54) is 0 Å². The number of nitrogens with zero attached hydrogens (tertiary/aromatic N) is 1. The van der Waals surface area contributed by atoms with Crippen LogP contribution in [0.15, 0.2) is 73.4 Å². The van der Waals surface area contributed by atoms with E-state index in [0.717, 1.165) is 5.69 Å². The quantitative estimate of drug-likeness (QED) is 0.375. The fourth-order valence-corrected chi connectivity index (χ4v) is 2.80. The Kier molecular flexibility index (Phi) is 6.03. The third-order valence-electron chi connectivity index (χ3n) is 3.83. The third-order valence-corrected chi connectivity index (χ3v) is 4.13. The highest BCUT2D eigenvalue weighted by molar-refractivity contribution is 7.71. The number of H-pyrrole nitrogens is 1. The second-order valence-electron chi connectivity index (χ2n) is 5.81. The minimum Gasteiger partial charge on any atom is -0.336 e. The van der Waals surface area contributed by atoms with Crippen molar-refractivity contribution in [3.05, 3.63) is 83.9 Å². The van der Waals surface area contributed by atoms with Gasteiger partial charge in [0.1, 0.15) is 5.69 Å². The van der Waals surface area contributed by atoms with E-state index < -0.39 is 0 Å². The second-order valence-corrected chi connectivity index (χ2v) is 6.19. The molecule has 1 heterocycles. The molecule has 28 heavy (non-hydrogen) atoms. The van der Waals surface area contributed by atoms with Gasteiger partial charge in [-0.25, -0.2) is 4.79 Å². The Morgan fingerprint density at radius 1 is 1.04 bits per heavy atom. The highest BCUT2D eigenvalue weighted by Gasteiger charge is 2.14. The molecule has 3 amide bonds. The zero-order valence-electron chi connectivity index (χ0n) is 14.9. The van der Waals surface area contributed by atoms with Gasteiger partial charge in [-0.05, 0) is 48.6 Å². The number of anilines is 2. The second kappa shape index (κ2) is 8.83.